The van der Waals surface area contributed by atoms with E-state index < -0.39 is 0 Å². The molecule has 25 heavy (non-hydrogen) atoms. The number of para-hydroxylation sites is 1. The first-order valence-corrected chi connectivity index (χ1v) is 9.80. The number of amidine groups is 1. The lowest BCUT2D eigenvalue weighted by molar-refractivity contribution is -0.122. The monoisotopic (exact) mass is 371 g/mol. The summed E-state index contributed by atoms with van der Waals surface area (Å²) in [6.45, 7) is 0.571. The Balaban J connectivity index is 1.70. The molecule has 1 aromatic rings. The van der Waals surface area contributed by atoms with Crippen molar-refractivity contribution in [3.05, 3.63) is 58.9 Å². The number of benzene rings is 1. The van der Waals surface area contributed by atoms with Gasteiger partial charge >= 0.3 is 0 Å². The second-order valence-electron chi connectivity index (χ2n) is 6.09. The maximum atomic E-state index is 12.7. The van der Waals surface area contributed by atoms with Crippen LogP contribution in [-0.2, 0) is 4.79 Å². The lowest BCUT2D eigenvalue weighted by Crippen LogP contribution is -2.33. The van der Waals surface area contributed by atoms with Gasteiger partial charge in [-0.3, -0.25) is 15.1 Å². The summed E-state index contributed by atoms with van der Waals surface area (Å²) < 4.78 is 0. The molecule has 3 rings (SSSR count). The van der Waals surface area contributed by atoms with Crippen LogP contribution in [-0.4, -0.2) is 36.6 Å². The first kappa shape index (κ1) is 17.9. The van der Waals surface area contributed by atoms with E-state index in [-0.39, 0.29) is 11.8 Å². The van der Waals surface area contributed by atoms with Crippen LogP contribution in [0.3, 0.4) is 0 Å². The number of anilines is 1. The van der Waals surface area contributed by atoms with Crippen LogP contribution in [0.25, 0.3) is 0 Å². The molecule has 0 aromatic heterocycles. The van der Waals surface area contributed by atoms with E-state index in [2.05, 4.69) is 23.1 Å². The van der Waals surface area contributed by atoms with E-state index in [9.17, 15) is 4.79 Å². The average Bonchev–Trinajstić information content (AvgIpc) is 2.88. The van der Waals surface area contributed by atoms with Crippen LogP contribution in [0.2, 0.25) is 0 Å². The van der Waals surface area contributed by atoms with Crippen molar-refractivity contribution in [1.29, 1.82) is 5.41 Å². The van der Waals surface area contributed by atoms with Gasteiger partial charge in [0.25, 0.3) is 5.91 Å². The molecule has 1 N–H and O–H groups in total. The van der Waals surface area contributed by atoms with Gasteiger partial charge in [-0.1, -0.05) is 48.2 Å². The third-order valence-electron chi connectivity index (χ3n) is 4.03. The number of nitrogens with one attached hydrogen (secondary N) is 1. The first-order chi connectivity index (χ1) is 12.1. The van der Waals surface area contributed by atoms with Gasteiger partial charge in [-0.05, 0) is 41.6 Å². The van der Waals surface area contributed by atoms with E-state index in [1.165, 1.54) is 23.5 Å². The van der Waals surface area contributed by atoms with Gasteiger partial charge in [-0.15, -0.1) is 0 Å². The fourth-order valence-corrected chi connectivity index (χ4v) is 4.59. The van der Waals surface area contributed by atoms with E-state index in [1.54, 1.807) is 4.90 Å². The molecule has 1 fully saturated rings. The van der Waals surface area contributed by atoms with Crippen molar-refractivity contribution >= 4 is 40.3 Å². The number of hydrogen-bond donors (Lipinski definition) is 1. The predicted molar refractivity (Wildman–Crippen MR) is 108 cm³/mol. The van der Waals surface area contributed by atoms with E-state index in [1.807, 2.05) is 49.9 Å². The van der Waals surface area contributed by atoms with Crippen LogP contribution < -0.4 is 4.90 Å². The highest BCUT2D eigenvalue weighted by Gasteiger charge is 2.33. The molecule has 1 aliphatic heterocycles. The van der Waals surface area contributed by atoms with Gasteiger partial charge in [-0.25, -0.2) is 0 Å². The van der Waals surface area contributed by atoms with E-state index >= 15 is 0 Å². The maximum absolute atomic E-state index is 12.7. The molecule has 0 spiro atoms. The summed E-state index contributed by atoms with van der Waals surface area (Å²) in [6, 6.07) is 8.10. The summed E-state index contributed by atoms with van der Waals surface area (Å²) in [5.74, 6) is 0.226. The number of carbonyl (C=O) groups excluding carboxylic acids is 1. The highest BCUT2D eigenvalue weighted by molar-refractivity contribution is 8.19. The van der Waals surface area contributed by atoms with Gasteiger partial charge in [-0.2, -0.15) is 0 Å². The molecule has 2 aliphatic rings. The summed E-state index contributed by atoms with van der Waals surface area (Å²) >= 11 is 2.78. The molecule has 1 aromatic carbocycles. The summed E-state index contributed by atoms with van der Waals surface area (Å²) in [5, 5.41) is 10.3. The molecule has 1 amide bonds. The smallest absolute Gasteiger partial charge is 0.267 e. The first-order valence-electron chi connectivity index (χ1n) is 8.11. The van der Waals surface area contributed by atoms with Crippen LogP contribution in [0.5, 0.6) is 0 Å². The quantitative estimate of drug-likeness (QED) is 0.618. The Bertz CT molecular complexity index is 768. The van der Waals surface area contributed by atoms with Gasteiger partial charge in [0.15, 0.2) is 5.17 Å². The molecular weight excluding hydrogens is 350 g/mol. The molecule has 1 saturated heterocycles. The van der Waals surface area contributed by atoms with Gasteiger partial charge in [0.05, 0.1) is 10.6 Å². The van der Waals surface area contributed by atoms with Gasteiger partial charge in [0.1, 0.15) is 0 Å². The maximum Gasteiger partial charge on any atom is 0.267 e. The van der Waals surface area contributed by atoms with Crippen molar-refractivity contribution in [3.63, 3.8) is 0 Å². The van der Waals surface area contributed by atoms with Crippen LogP contribution in [0, 0.1) is 11.3 Å². The second-order valence-corrected chi connectivity index (χ2v) is 8.04. The molecule has 0 saturated carbocycles. The number of amides is 1. The fraction of sp³-hybridized carbons (Fsp3) is 0.263. The van der Waals surface area contributed by atoms with Crippen LogP contribution in [0.15, 0.2) is 63.8 Å². The fourth-order valence-electron chi connectivity index (χ4n) is 2.71. The standard InChI is InChI=1S/C19H21N3OS2/c1-21(2)15-10-6-7-11-16(15)24-13-17-18(23)22(19(20)25-17)12-14-8-4-3-5-9-14/h3-8,10-11,13-14,20H,9,12H2,1-2H3/b17-13-,20-19?. The summed E-state index contributed by atoms with van der Waals surface area (Å²) in [4.78, 5) is 18.0. The van der Waals surface area contributed by atoms with E-state index in [0.29, 0.717) is 16.6 Å². The average molecular weight is 372 g/mol. The number of thioether (sulfide) groups is 2. The molecule has 1 atom stereocenters. The molecule has 4 nitrogen and oxygen atoms in total. The molecule has 0 radical (unpaired) electrons. The number of hydrogen-bond acceptors (Lipinski definition) is 5. The minimum Gasteiger partial charge on any atom is -0.377 e. The van der Waals surface area contributed by atoms with Gasteiger partial charge < -0.3 is 4.90 Å². The lowest BCUT2D eigenvalue weighted by Gasteiger charge is -2.20. The van der Waals surface area contributed by atoms with Crippen molar-refractivity contribution in [2.45, 2.75) is 11.3 Å². The molecule has 1 unspecified atom stereocenters. The Morgan fingerprint density at radius 3 is 2.88 bits per heavy atom. The van der Waals surface area contributed by atoms with E-state index in [4.69, 9.17) is 5.41 Å². The van der Waals surface area contributed by atoms with E-state index in [0.717, 1.165) is 17.0 Å². The van der Waals surface area contributed by atoms with Crippen LogP contribution >= 0.6 is 23.5 Å². The highest BCUT2D eigenvalue weighted by atomic mass is 32.2. The second kappa shape index (κ2) is 7.97. The lowest BCUT2D eigenvalue weighted by atomic mass is 10.0. The Hall–Kier alpha value is -1.92. The topological polar surface area (TPSA) is 47.4 Å². The molecule has 1 aliphatic carbocycles. The third kappa shape index (κ3) is 4.19. The number of nitrogens with zero attached hydrogens (tertiary/aromatic N) is 2. The number of allylic oxidation sites excluding steroid dienone is 3. The molecule has 0 bridgehead atoms. The highest BCUT2D eigenvalue weighted by Crippen LogP contribution is 2.36. The van der Waals surface area contributed by atoms with Crippen LogP contribution in [0.4, 0.5) is 5.69 Å². The zero-order valence-corrected chi connectivity index (χ0v) is 15.9. The van der Waals surface area contributed by atoms with Gasteiger partial charge in [0.2, 0.25) is 0 Å². The molecule has 1 heterocycles. The Labute approximate surface area is 157 Å². The summed E-state index contributed by atoms with van der Waals surface area (Å²) in [7, 11) is 4.01. The van der Waals surface area contributed by atoms with Crippen molar-refractivity contribution in [1.82, 2.24) is 4.90 Å². The third-order valence-corrected chi connectivity index (χ3v) is 6.06. The van der Waals surface area contributed by atoms with Crippen molar-refractivity contribution in [2.24, 2.45) is 5.92 Å². The molecule has 6 heteroatoms. The van der Waals surface area contributed by atoms with Crippen molar-refractivity contribution < 1.29 is 4.79 Å². The zero-order chi connectivity index (χ0) is 17.8. The minimum atomic E-state index is -0.0622. The summed E-state index contributed by atoms with van der Waals surface area (Å²) in [5.41, 5.74) is 1.12. The number of rotatable bonds is 5. The van der Waals surface area contributed by atoms with Crippen molar-refractivity contribution in [2.75, 3.05) is 25.5 Å². The Morgan fingerprint density at radius 2 is 2.16 bits per heavy atom. The Morgan fingerprint density at radius 1 is 1.36 bits per heavy atom. The van der Waals surface area contributed by atoms with Crippen LogP contribution in [0.1, 0.15) is 6.42 Å². The molecule has 130 valence electrons. The summed E-state index contributed by atoms with van der Waals surface area (Å²) in [6.07, 6.45) is 9.16. The zero-order valence-electron chi connectivity index (χ0n) is 14.3. The normalized spacial score (nSPS) is 21.4. The minimum absolute atomic E-state index is 0.0622. The SMILES string of the molecule is CN(C)c1ccccc1S/C=C1\SC(=N)N(CC2C=CC=CC2)C1=O. The van der Waals surface area contributed by atoms with Crippen molar-refractivity contribution in [3.8, 4) is 0 Å². The largest absolute Gasteiger partial charge is 0.377 e. The number of carbonyl (C=O) groups is 1. The predicted octanol–water partition coefficient (Wildman–Crippen LogP) is 4.33. The molecular formula is C19H21N3OS2. The Kier molecular flexibility index (Phi) is 5.71. The van der Waals surface area contributed by atoms with Gasteiger partial charge in [0, 0.05) is 25.5 Å².